The van der Waals surface area contributed by atoms with Crippen molar-refractivity contribution in [3.8, 4) is 0 Å². The van der Waals surface area contributed by atoms with E-state index in [0.717, 1.165) is 6.42 Å². The van der Waals surface area contributed by atoms with Crippen molar-refractivity contribution in [2.75, 3.05) is 5.32 Å². The van der Waals surface area contributed by atoms with Crippen LogP contribution in [0.15, 0.2) is 23.1 Å². The molecule has 0 atom stereocenters. The Morgan fingerprint density at radius 3 is 2.71 bits per heavy atom. The lowest BCUT2D eigenvalue weighted by molar-refractivity contribution is -0.116. The van der Waals surface area contributed by atoms with E-state index < -0.39 is 0 Å². The zero-order valence-corrected chi connectivity index (χ0v) is 10.7. The summed E-state index contributed by atoms with van der Waals surface area (Å²) in [6.07, 6.45) is 3.07. The van der Waals surface area contributed by atoms with Gasteiger partial charge in [-0.15, -0.1) is 0 Å². The van der Waals surface area contributed by atoms with Crippen molar-refractivity contribution in [3.05, 3.63) is 28.7 Å². The number of hydrogen-bond donors (Lipinski definition) is 1. The van der Waals surface area contributed by atoms with Crippen LogP contribution in [0.2, 0.25) is 0 Å². The molecule has 0 spiro atoms. The molecule has 0 aliphatic rings. The molecule has 1 aromatic rings. The highest BCUT2D eigenvalue weighted by molar-refractivity contribution is 5.90. The van der Waals surface area contributed by atoms with Crippen LogP contribution in [0.5, 0.6) is 0 Å². The molecule has 0 saturated carbocycles. The monoisotopic (exact) mass is 236 g/mol. The molecule has 4 nitrogen and oxygen atoms in total. The van der Waals surface area contributed by atoms with Gasteiger partial charge in [-0.3, -0.25) is 9.59 Å². The highest BCUT2D eigenvalue weighted by Crippen LogP contribution is 2.07. The minimum atomic E-state index is -0.0484. The van der Waals surface area contributed by atoms with Gasteiger partial charge in [-0.25, -0.2) is 0 Å². The number of anilines is 1. The van der Waals surface area contributed by atoms with Crippen molar-refractivity contribution in [2.45, 2.75) is 40.2 Å². The number of aromatic nitrogens is 1. The maximum absolute atomic E-state index is 11.6. The lowest BCUT2D eigenvalue weighted by atomic mass is 10.1. The minimum Gasteiger partial charge on any atom is -0.325 e. The van der Waals surface area contributed by atoms with Gasteiger partial charge in [0.25, 0.3) is 5.56 Å². The Hall–Kier alpha value is -1.58. The Balaban J connectivity index is 2.62. The Labute approximate surface area is 102 Å². The second-order valence-corrected chi connectivity index (χ2v) is 4.52. The van der Waals surface area contributed by atoms with Crippen molar-refractivity contribution in [3.63, 3.8) is 0 Å². The van der Waals surface area contributed by atoms with E-state index in [1.165, 1.54) is 6.07 Å². The normalized spacial score (nSPS) is 10.6. The van der Waals surface area contributed by atoms with E-state index >= 15 is 0 Å². The van der Waals surface area contributed by atoms with E-state index in [1.54, 1.807) is 16.8 Å². The smallest absolute Gasteiger partial charge is 0.250 e. The first-order valence-corrected chi connectivity index (χ1v) is 6.03. The third kappa shape index (κ3) is 4.43. The van der Waals surface area contributed by atoms with E-state index in [4.69, 9.17) is 0 Å². The summed E-state index contributed by atoms with van der Waals surface area (Å²) in [5, 5.41) is 2.80. The highest BCUT2D eigenvalue weighted by atomic mass is 16.1. The second-order valence-electron chi connectivity index (χ2n) is 4.52. The standard InChI is InChI=1S/C13H20N2O2/c1-4-15-9-11(6-8-13(15)17)14-12(16)7-5-10(2)3/h6,8-10H,4-5,7H2,1-3H3,(H,14,16). The van der Waals surface area contributed by atoms with Gasteiger partial charge in [0.15, 0.2) is 0 Å². The van der Waals surface area contributed by atoms with Gasteiger partial charge in [0.1, 0.15) is 0 Å². The number of pyridine rings is 1. The lowest BCUT2D eigenvalue weighted by Gasteiger charge is -2.08. The van der Waals surface area contributed by atoms with E-state index in [-0.39, 0.29) is 11.5 Å². The summed E-state index contributed by atoms with van der Waals surface area (Å²) >= 11 is 0. The Morgan fingerprint density at radius 2 is 2.12 bits per heavy atom. The molecule has 0 fully saturated rings. The van der Waals surface area contributed by atoms with Gasteiger partial charge in [-0.2, -0.15) is 0 Å². The largest absolute Gasteiger partial charge is 0.325 e. The van der Waals surface area contributed by atoms with E-state index in [0.29, 0.717) is 24.6 Å². The molecular weight excluding hydrogens is 216 g/mol. The van der Waals surface area contributed by atoms with Crippen LogP contribution >= 0.6 is 0 Å². The first-order valence-electron chi connectivity index (χ1n) is 6.03. The van der Waals surface area contributed by atoms with E-state index in [2.05, 4.69) is 19.2 Å². The molecule has 0 aliphatic heterocycles. The molecule has 94 valence electrons. The predicted molar refractivity (Wildman–Crippen MR) is 69.1 cm³/mol. The molecule has 1 N–H and O–H groups in total. The molecule has 1 rings (SSSR count). The highest BCUT2D eigenvalue weighted by Gasteiger charge is 2.04. The predicted octanol–water partition coefficient (Wildman–Crippen LogP) is 2.24. The fourth-order valence-corrected chi connectivity index (χ4v) is 1.50. The molecule has 0 radical (unpaired) electrons. The third-order valence-electron chi connectivity index (χ3n) is 2.56. The van der Waals surface area contributed by atoms with Crippen LogP contribution in [0.4, 0.5) is 5.69 Å². The topological polar surface area (TPSA) is 51.1 Å². The second kappa shape index (κ2) is 6.23. The fraction of sp³-hybridized carbons (Fsp3) is 0.538. The van der Waals surface area contributed by atoms with Crippen molar-refractivity contribution in [1.82, 2.24) is 4.57 Å². The Bertz CT molecular complexity index is 435. The molecular formula is C13H20N2O2. The fourth-order valence-electron chi connectivity index (χ4n) is 1.50. The minimum absolute atomic E-state index is 0.00000189. The molecule has 1 heterocycles. The van der Waals surface area contributed by atoms with Crippen LogP contribution in [-0.4, -0.2) is 10.5 Å². The molecule has 0 saturated heterocycles. The zero-order valence-electron chi connectivity index (χ0n) is 10.7. The zero-order chi connectivity index (χ0) is 12.8. The average Bonchev–Trinajstić information content (AvgIpc) is 2.29. The summed E-state index contributed by atoms with van der Waals surface area (Å²) in [7, 11) is 0. The molecule has 0 unspecified atom stereocenters. The van der Waals surface area contributed by atoms with Crippen LogP contribution in [-0.2, 0) is 11.3 Å². The summed E-state index contributed by atoms with van der Waals surface area (Å²) in [5.74, 6) is 0.519. The van der Waals surface area contributed by atoms with Gasteiger partial charge < -0.3 is 9.88 Å². The van der Waals surface area contributed by atoms with Crippen LogP contribution < -0.4 is 10.9 Å². The number of nitrogens with zero attached hydrogens (tertiary/aromatic N) is 1. The molecule has 0 bridgehead atoms. The van der Waals surface area contributed by atoms with Crippen molar-refractivity contribution in [1.29, 1.82) is 0 Å². The van der Waals surface area contributed by atoms with Crippen molar-refractivity contribution < 1.29 is 4.79 Å². The van der Waals surface area contributed by atoms with Crippen molar-refractivity contribution >= 4 is 11.6 Å². The van der Waals surface area contributed by atoms with Crippen molar-refractivity contribution in [2.24, 2.45) is 5.92 Å². The molecule has 0 aromatic carbocycles. The Morgan fingerprint density at radius 1 is 1.41 bits per heavy atom. The summed E-state index contributed by atoms with van der Waals surface area (Å²) in [6, 6.07) is 3.11. The molecule has 0 aliphatic carbocycles. The summed E-state index contributed by atoms with van der Waals surface area (Å²) < 4.78 is 1.57. The number of carbonyl (C=O) groups is 1. The maximum atomic E-state index is 11.6. The number of nitrogens with one attached hydrogen (secondary N) is 1. The van der Waals surface area contributed by atoms with Gasteiger partial charge >= 0.3 is 0 Å². The number of rotatable bonds is 5. The van der Waals surface area contributed by atoms with Gasteiger partial charge in [0.05, 0.1) is 5.69 Å². The third-order valence-corrected chi connectivity index (χ3v) is 2.56. The first kappa shape index (κ1) is 13.5. The maximum Gasteiger partial charge on any atom is 0.250 e. The Kier molecular flexibility index (Phi) is 4.94. The molecule has 1 amide bonds. The summed E-state index contributed by atoms with van der Waals surface area (Å²) in [6.45, 7) is 6.68. The van der Waals surface area contributed by atoms with Crippen LogP contribution in [0.1, 0.15) is 33.6 Å². The number of carbonyl (C=O) groups excluding carboxylic acids is 1. The van der Waals surface area contributed by atoms with Crippen LogP contribution in [0.3, 0.4) is 0 Å². The van der Waals surface area contributed by atoms with Crippen LogP contribution in [0.25, 0.3) is 0 Å². The summed E-state index contributed by atoms with van der Waals surface area (Å²) in [5.41, 5.74) is 0.632. The molecule has 17 heavy (non-hydrogen) atoms. The average molecular weight is 236 g/mol. The summed E-state index contributed by atoms with van der Waals surface area (Å²) in [4.78, 5) is 23.0. The van der Waals surface area contributed by atoms with Gasteiger partial charge in [-0.1, -0.05) is 13.8 Å². The lowest BCUT2D eigenvalue weighted by Crippen LogP contribution is -2.19. The van der Waals surface area contributed by atoms with Gasteiger partial charge in [0, 0.05) is 25.2 Å². The van der Waals surface area contributed by atoms with Crippen LogP contribution in [0, 0.1) is 5.92 Å². The van der Waals surface area contributed by atoms with Gasteiger partial charge in [-0.05, 0) is 25.3 Å². The molecule has 4 heteroatoms. The number of aryl methyl sites for hydroxylation is 1. The number of hydrogen-bond acceptors (Lipinski definition) is 2. The van der Waals surface area contributed by atoms with Gasteiger partial charge in [0.2, 0.25) is 5.91 Å². The van der Waals surface area contributed by atoms with E-state index in [9.17, 15) is 9.59 Å². The van der Waals surface area contributed by atoms with E-state index in [1.807, 2.05) is 6.92 Å². The molecule has 1 aromatic heterocycles. The SMILES string of the molecule is CCn1cc(NC(=O)CCC(C)C)ccc1=O. The number of amides is 1. The first-order chi connectivity index (χ1) is 8.02. The quantitative estimate of drug-likeness (QED) is 0.852.